The van der Waals surface area contributed by atoms with Crippen LogP contribution in [-0.2, 0) is 27.2 Å². The van der Waals surface area contributed by atoms with Gasteiger partial charge in [-0.05, 0) is 35.8 Å². The number of aryl methyl sites for hydroxylation is 1. The van der Waals surface area contributed by atoms with Crippen LogP contribution in [0, 0.1) is 0 Å². The molecule has 0 fully saturated rings. The number of aromatic nitrogens is 1. The molecule has 1 amide bonds. The van der Waals surface area contributed by atoms with E-state index in [2.05, 4.69) is 40.1 Å². The summed E-state index contributed by atoms with van der Waals surface area (Å²) in [4.78, 5) is 40.0. The quantitative estimate of drug-likeness (QED) is 0.532. The number of aliphatic carboxylic acids is 1. The first-order valence-electron chi connectivity index (χ1n) is 8.52. The molecule has 0 spiro atoms. The fourth-order valence-electron chi connectivity index (χ4n) is 2.02. The van der Waals surface area contributed by atoms with Crippen LogP contribution in [0.4, 0.5) is 0 Å². The van der Waals surface area contributed by atoms with Gasteiger partial charge in [-0.25, -0.2) is 4.98 Å². The van der Waals surface area contributed by atoms with Crippen molar-refractivity contribution in [1.82, 2.24) is 15.2 Å². The molecule has 1 aromatic rings. The molecule has 1 atom stereocenters. The smallest absolute Gasteiger partial charge is 0.321 e. The predicted octanol–water partition coefficient (Wildman–Crippen LogP) is 2.52. The fraction of sp³-hybridized carbons (Fsp3) is 0.647. The van der Waals surface area contributed by atoms with Crippen LogP contribution in [0.2, 0.25) is 0 Å². The van der Waals surface area contributed by atoms with Gasteiger partial charge in [0.15, 0.2) is 3.92 Å². The van der Waals surface area contributed by atoms with Crippen molar-refractivity contribution in [2.45, 2.75) is 52.0 Å². The molecule has 1 aromatic heterocycles. The van der Waals surface area contributed by atoms with Crippen LogP contribution in [-0.4, -0.2) is 59.8 Å². The number of halogens is 1. The highest BCUT2D eigenvalue weighted by Crippen LogP contribution is 2.26. The van der Waals surface area contributed by atoms with Gasteiger partial charge in [-0.3, -0.25) is 9.59 Å². The van der Waals surface area contributed by atoms with Gasteiger partial charge in [-0.2, -0.15) is 0 Å². The Hall–Kier alpha value is -1.32. The molecule has 0 saturated carbocycles. The van der Waals surface area contributed by atoms with Crippen LogP contribution in [0.25, 0.3) is 0 Å². The van der Waals surface area contributed by atoms with Crippen LogP contribution >= 0.6 is 27.3 Å². The summed E-state index contributed by atoms with van der Waals surface area (Å²) < 4.78 is 0.701. The van der Waals surface area contributed by atoms with Crippen LogP contribution < -0.4 is 5.32 Å². The second-order valence-corrected chi connectivity index (χ2v) is 8.08. The zero-order valence-electron chi connectivity index (χ0n) is 15.7. The number of carboxylic acid groups (broad SMARTS) is 1. The Morgan fingerprint density at radius 2 is 2.04 bits per heavy atom. The Morgan fingerprint density at radius 1 is 1.42 bits per heavy atom. The molecular weight excluding hydrogens is 422 g/mol. The van der Waals surface area contributed by atoms with Crippen molar-refractivity contribution in [2.75, 3.05) is 20.6 Å². The Morgan fingerprint density at radius 3 is 2.54 bits per heavy atom. The zero-order valence-corrected chi connectivity index (χ0v) is 18.2. The predicted molar refractivity (Wildman–Crippen MR) is 107 cm³/mol. The number of rotatable bonds is 10. The molecular formula is C17H28BrN3O4S. The maximum atomic E-state index is 11.8. The monoisotopic (exact) mass is 449 g/mol. The third kappa shape index (κ3) is 9.40. The average molecular weight is 450 g/mol. The summed E-state index contributed by atoms with van der Waals surface area (Å²) in [5, 5.41) is 11.9. The van der Waals surface area contributed by atoms with Crippen molar-refractivity contribution in [3.8, 4) is 0 Å². The summed E-state index contributed by atoms with van der Waals surface area (Å²) in [5.41, 5.74) is 0.734. The van der Waals surface area contributed by atoms with E-state index in [9.17, 15) is 14.4 Å². The van der Waals surface area contributed by atoms with E-state index in [1.54, 1.807) is 14.1 Å². The van der Waals surface area contributed by atoms with E-state index in [1.807, 2.05) is 0 Å². The molecule has 0 aromatic carbocycles. The van der Waals surface area contributed by atoms with Crippen LogP contribution in [0.15, 0.2) is 3.92 Å². The van der Waals surface area contributed by atoms with Gasteiger partial charge in [0.05, 0.1) is 12.2 Å². The van der Waals surface area contributed by atoms with Gasteiger partial charge in [-0.15, -0.1) is 11.3 Å². The first-order valence-corrected chi connectivity index (χ1v) is 10.1. The molecule has 0 saturated heterocycles. The lowest BCUT2D eigenvalue weighted by molar-refractivity contribution is -0.139. The maximum absolute atomic E-state index is 11.8. The normalized spacial score (nSPS) is 11.3. The van der Waals surface area contributed by atoms with E-state index in [1.165, 1.54) is 22.7 Å². The van der Waals surface area contributed by atoms with Gasteiger partial charge in [0.25, 0.3) is 0 Å². The lowest BCUT2D eigenvalue weighted by Gasteiger charge is -2.13. The van der Waals surface area contributed by atoms with Crippen molar-refractivity contribution >= 4 is 45.4 Å². The van der Waals surface area contributed by atoms with Gasteiger partial charge in [0.1, 0.15) is 12.3 Å². The number of nitrogens with zero attached hydrogens (tertiary/aromatic N) is 2. The molecule has 0 aliphatic heterocycles. The van der Waals surface area contributed by atoms with Gasteiger partial charge in [0, 0.05) is 24.8 Å². The molecule has 1 heterocycles. The highest BCUT2D eigenvalue weighted by Gasteiger charge is 2.20. The summed E-state index contributed by atoms with van der Waals surface area (Å²) >= 11 is 4.77. The highest BCUT2D eigenvalue weighted by atomic mass is 79.9. The number of nitrogens with one attached hydrogen (secondary N) is 1. The lowest BCUT2D eigenvalue weighted by Crippen LogP contribution is -2.36. The summed E-state index contributed by atoms with van der Waals surface area (Å²) in [6.07, 6.45) is 3.85. The van der Waals surface area contributed by atoms with E-state index >= 15 is 0 Å². The van der Waals surface area contributed by atoms with Gasteiger partial charge < -0.3 is 20.1 Å². The molecule has 7 nitrogen and oxygen atoms in total. The van der Waals surface area contributed by atoms with Gasteiger partial charge >= 0.3 is 5.97 Å². The minimum Gasteiger partial charge on any atom is -0.480 e. The van der Waals surface area contributed by atoms with Crippen molar-refractivity contribution in [1.29, 1.82) is 0 Å². The molecule has 0 aliphatic carbocycles. The number of carboxylic acids is 1. The van der Waals surface area contributed by atoms with Crippen LogP contribution in [0.5, 0.6) is 0 Å². The third-order valence-corrected chi connectivity index (χ3v) is 4.97. The topological polar surface area (TPSA) is 99.6 Å². The molecule has 1 unspecified atom stereocenters. The fourth-order valence-corrected chi connectivity index (χ4v) is 3.67. The van der Waals surface area contributed by atoms with Crippen molar-refractivity contribution in [2.24, 2.45) is 0 Å². The minimum atomic E-state index is -0.923. The first-order chi connectivity index (χ1) is 12.3. The number of hydrogen-bond acceptors (Lipinski definition) is 6. The Bertz CT molecular complexity index is 580. The number of likely N-dealkylation sites (N-methyl/N-ethyl adjacent to an activating group) is 2. The minimum absolute atomic E-state index is 0.0825. The molecule has 0 bridgehead atoms. The molecule has 9 heteroatoms. The second-order valence-electron chi connectivity index (χ2n) is 5.72. The van der Waals surface area contributed by atoms with Crippen molar-refractivity contribution < 1.29 is 19.5 Å². The third-order valence-electron chi connectivity index (χ3n) is 3.36. The van der Waals surface area contributed by atoms with E-state index < -0.39 is 12.0 Å². The number of thiazole rings is 1. The number of amides is 1. The molecule has 0 aliphatic rings. The summed E-state index contributed by atoms with van der Waals surface area (Å²) in [5.74, 6) is -1.01. The summed E-state index contributed by atoms with van der Waals surface area (Å²) in [6.45, 7) is 4.35. The average Bonchev–Trinajstić information content (AvgIpc) is 2.92. The SMILES string of the molecule is CCC.CNC(Cc1nc(Br)sc1CCCC(=O)N(C)CC=O)C(=O)O. The zero-order chi connectivity index (χ0) is 20.1. The number of aldehydes is 1. The van der Waals surface area contributed by atoms with E-state index in [0.717, 1.165) is 10.6 Å². The highest BCUT2D eigenvalue weighted by molar-refractivity contribution is 9.11. The number of carbonyl (C=O) groups is 3. The van der Waals surface area contributed by atoms with Crippen molar-refractivity contribution in [3.63, 3.8) is 0 Å². The molecule has 148 valence electrons. The summed E-state index contributed by atoms with van der Waals surface area (Å²) in [6, 6.07) is -0.692. The largest absolute Gasteiger partial charge is 0.480 e. The molecule has 26 heavy (non-hydrogen) atoms. The Labute approximate surface area is 167 Å². The van der Waals surface area contributed by atoms with E-state index in [0.29, 0.717) is 35.9 Å². The van der Waals surface area contributed by atoms with Crippen LogP contribution in [0.3, 0.4) is 0 Å². The number of carbonyl (C=O) groups excluding carboxylic acids is 2. The lowest BCUT2D eigenvalue weighted by atomic mass is 10.1. The van der Waals surface area contributed by atoms with Crippen LogP contribution in [0.1, 0.15) is 43.7 Å². The van der Waals surface area contributed by atoms with Crippen molar-refractivity contribution in [3.05, 3.63) is 14.5 Å². The maximum Gasteiger partial charge on any atom is 0.321 e. The molecule has 2 N–H and O–H groups in total. The Balaban J connectivity index is 0.00000194. The van der Waals surface area contributed by atoms with E-state index in [4.69, 9.17) is 5.11 Å². The number of hydrogen-bond donors (Lipinski definition) is 2. The molecule has 0 radical (unpaired) electrons. The second kappa shape index (κ2) is 13.8. The standard InChI is InChI=1S/C14H20BrN3O4S.C3H8/c1-16-10(13(21)22)8-9-11(23-14(15)17-9)4-3-5-12(20)18(2)6-7-19;1-3-2/h7,10,16H,3-6,8H2,1-2H3,(H,21,22);3H2,1-2H3. The van der Waals surface area contributed by atoms with E-state index in [-0.39, 0.29) is 12.5 Å². The van der Waals surface area contributed by atoms with Gasteiger partial charge in [0.2, 0.25) is 5.91 Å². The van der Waals surface area contributed by atoms with Gasteiger partial charge in [-0.1, -0.05) is 20.3 Å². The summed E-state index contributed by atoms with van der Waals surface area (Å²) in [7, 11) is 3.19. The Kier molecular flexibility index (Phi) is 13.1. The molecule has 1 rings (SSSR count). The first kappa shape index (κ1) is 24.7.